The molecule has 7 nitrogen and oxygen atoms in total. The molecule has 8 heteroatoms. The maximum atomic E-state index is 11.6. The van der Waals surface area contributed by atoms with Crippen molar-refractivity contribution < 1.29 is 8.42 Å². The van der Waals surface area contributed by atoms with E-state index in [-0.39, 0.29) is 23.0 Å². The van der Waals surface area contributed by atoms with Crippen molar-refractivity contribution >= 4 is 32.1 Å². The Bertz CT molecular complexity index is 844. The lowest BCUT2D eigenvalue weighted by Gasteiger charge is -2.13. The number of aromatic amines is 1. The van der Waals surface area contributed by atoms with Gasteiger partial charge >= 0.3 is 0 Å². The molecule has 0 radical (unpaired) electrons. The standard InChI is InChI=1S/C13H16N4O3S/c14-10-3-9-11(16-7-17-13(9)18)4-12(10)15-5-8-1-2-21(19,20)6-8/h3-4,7-8,15H,1-2,5-6,14H2,(H,16,17,18). The van der Waals surface area contributed by atoms with Gasteiger partial charge in [0.15, 0.2) is 9.84 Å². The fraction of sp³-hybridized carbons (Fsp3) is 0.385. The fourth-order valence-corrected chi connectivity index (χ4v) is 4.43. The van der Waals surface area contributed by atoms with E-state index in [0.717, 1.165) is 0 Å². The van der Waals surface area contributed by atoms with Gasteiger partial charge in [0.1, 0.15) is 0 Å². The van der Waals surface area contributed by atoms with Gasteiger partial charge in [0, 0.05) is 6.54 Å². The van der Waals surface area contributed by atoms with Crippen molar-refractivity contribution in [3.8, 4) is 0 Å². The number of hydrogen-bond acceptors (Lipinski definition) is 6. The summed E-state index contributed by atoms with van der Waals surface area (Å²) in [5.41, 5.74) is 7.36. The van der Waals surface area contributed by atoms with Gasteiger partial charge in [0.2, 0.25) is 0 Å². The van der Waals surface area contributed by atoms with E-state index in [1.807, 2.05) is 0 Å². The molecular weight excluding hydrogens is 292 g/mol. The van der Waals surface area contributed by atoms with Crippen LogP contribution in [0, 0.1) is 5.92 Å². The Labute approximate surface area is 121 Å². The lowest BCUT2D eigenvalue weighted by molar-refractivity contribution is 0.596. The normalized spacial score (nSPS) is 20.7. The molecule has 0 amide bonds. The molecule has 0 spiro atoms. The van der Waals surface area contributed by atoms with Gasteiger partial charge in [-0.15, -0.1) is 0 Å². The van der Waals surface area contributed by atoms with Crippen LogP contribution in [0.1, 0.15) is 6.42 Å². The van der Waals surface area contributed by atoms with Crippen LogP contribution in [0.4, 0.5) is 11.4 Å². The first kappa shape index (κ1) is 13.9. The minimum Gasteiger partial charge on any atom is -0.397 e. The Morgan fingerprint density at radius 3 is 2.95 bits per heavy atom. The number of rotatable bonds is 3. The van der Waals surface area contributed by atoms with Crippen molar-refractivity contribution in [3.63, 3.8) is 0 Å². The second-order valence-electron chi connectivity index (χ2n) is 5.34. The Morgan fingerprint density at radius 2 is 2.24 bits per heavy atom. The quantitative estimate of drug-likeness (QED) is 0.704. The molecule has 1 atom stereocenters. The highest BCUT2D eigenvalue weighted by Crippen LogP contribution is 2.25. The second-order valence-corrected chi connectivity index (χ2v) is 7.57. The Kier molecular flexibility index (Phi) is 3.32. The Morgan fingerprint density at radius 1 is 1.43 bits per heavy atom. The molecule has 1 aromatic carbocycles. The number of anilines is 2. The number of nitrogens with two attached hydrogens (primary N) is 1. The summed E-state index contributed by atoms with van der Waals surface area (Å²) in [6.45, 7) is 0.540. The van der Waals surface area contributed by atoms with Crippen molar-refractivity contribution in [1.29, 1.82) is 0 Å². The van der Waals surface area contributed by atoms with Gasteiger partial charge in [0.05, 0.1) is 40.1 Å². The van der Waals surface area contributed by atoms with E-state index in [1.54, 1.807) is 12.1 Å². The van der Waals surface area contributed by atoms with E-state index in [4.69, 9.17) is 5.73 Å². The number of fused-ring (bicyclic) bond motifs is 1. The number of hydrogen-bond donors (Lipinski definition) is 3. The monoisotopic (exact) mass is 308 g/mol. The predicted molar refractivity (Wildman–Crippen MR) is 82.0 cm³/mol. The molecule has 1 aliphatic heterocycles. The summed E-state index contributed by atoms with van der Waals surface area (Å²) < 4.78 is 22.9. The predicted octanol–water partition coefficient (Wildman–Crippen LogP) is 0.352. The molecule has 4 N–H and O–H groups in total. The first-order chi connectivity index (χ1) is 9.94. The first-order valence-electron chi connectivity index (χ1n) is 6.66. The van der Waals surface area contributed by atoms with Crippen LogP contribution >= 0.6 is 0 Å². The molecule has 3 rings (SSSR count). The van der Waals surface area contributed by atoms with Crippen molar-refractivity contribution in [2.45, 2.75) is 6.42 Å². The van der Waals surface area contributed by atoms with Crippen LogP contribution in [-0.2, 0) is 9.84 Å². The van der Waals surface area contributed by atoms with Crippen LogP contribution in [0.5, 0.6) is 0 Å². The summed E-state index contributed by atoms with van der Waals surface area (Å²) in [6, 6.07) is 3.29. The van der Waals surface area contributed by atoms with Gasteiger partial charge in [-0.1, -0.05) is 0 Å². The highest BCUT2D eigenvalue weighted by molar-refractivity contribution is 7.91. The highest BCUT2D eigenvalue weighted by Gasteiger charge is 2.27. The van der Waals surface area contributed by atoms with Crippen molar-refractivity contribution in [2.24, 2.45) is 5.92 Å². The molecular formula is C13H16N4O3S. The van der Waals surface area contributed by atoms with Gasteiger partial charge in [-0.25, -0.2) is 13.4 Å². The third kappa shape index (κ3) is 2.85. The minimum absolute atomic E-state index is 0.0947. The lowest BCUT2D eigenvalue weighted by Crippen LogP contribution is -2.16. The summed E-state index contributed by atoms with van der Waals surface area (Å²) in [5, 5.41) is 3.60. The third-order valence-corrected chi connectivity index (χ3v) is 5.56. The zero-order valence-corrected chi connectivity index (χ0v) is 12.1. The average molecular weight is 308 g/mol. The van der Waals surface area contributed by atoms with E-state index in [9.17, 15) is 13.2 Å². The highest BCUT2D eigenvalue weighted by atomic mass is 32.2. The van der Waals surface area contributed by atoms with Gasteiger partial charge < -0.3 is 16.0 Å². The lowest BCUT2D eigenvalue weighted by atomic mass is 10.1. The molecule has 1 saturated heterocycles. The summed E-state index contributed by atoms with van der Waals surface area (Å²) in [4.78, 5) is 18.2. The van der Waals surface area contributed by atoms with Crippen LogP contribution in [0.25, 0.3) is 10.9 Å². The Hall–Kier alpha value is -2.09. The number of aromatic nitrogens is 2. The molecule has 1 unspecified atom stereocenters. The molecule has 1 fully saturated rings. The third-order valence-electron chi connectivity index (χ3n) is 3.72. The number of nitrogen functional groups attached to an aromatic ring is 1. The van der Waals surface area contributed by atoms with E-state index >= 15 is 0 Å². The molecule has 1 aromatic heterocycles. The average Bonchev–Trinajstić information content (AvgIpc) is 2.77. The molecule has 112 valence electrons. The maximum Gasteiger partial charge on any atom is 0.258 e. The van der Waals surface area contributed by atoms with Gasteiger partial charge in [0.25, 0.3) is 5.56 Å². The van der Waals surface area contributed by atoms with E-state index in [1.165, 1.54) is 6.33 Å². The zero-order chi connectivity index (χ0) is 15.0. The van der Waals surface area contributed by atoms with Gasteiger partial charge in [-0.3, -0.25) is 4.79 Å². The van der Waals surface area contributed by atoms with Gasteiger partial charge in [-0.05, 0) is 24.5 Å². The van der Waals surface area contributed by atoms with Crippen LogP contribution < -0.4 is 16.6 Å². The summed E-state index contributed by atoms with van der Waals surface area (Å²) in [6.07, 6.45) is 2.01. The number of nitrogens with zero attached hydrogens (tertiary/aromatic N) is 1. The van der Waals surface area contributed by atoms with E-state index in [2.05, 4.69) is 15.3 Å². The minimum atomic E-state index is -2.88. The smallest absolute Gasteiger partial charge is 0.258 e. The first-order valence-corrected chi connectivity index (χ1v) is 8.48. The molecule has 0 bridgehead atoms. The number of nitrogens with one attached hydrogen (secondary N) is 2. The van der Waals surface area contributed by atoms with E-state index < -0.39 is 9.84 Å². The zero-order valence-electron chi connectivity index (χ0n) is 11.3. The van der Waals surface area contributed by atoms with Crippen molar-refractivity contribution in [1.82, 2.24) is 9.97 Å². The molecule has 0 saturated carbocycles. The topological polar surface area (TPSA) is 118 Å². The molecule has 21 heavy (non-hydrogen) atoms. The molecule has 2 heterocycles. The fourth-order valence-electron chi connectivity index (χ4n) is 2.57. The van der Waals surface area contributed by atoms with E-state index in [0.29, 0.717) is 35.2 Å². The van der Waals surface area contributed by atoms with Gasteiger partial charge in [-0.2, -0.15) is 0 Å². The number of H-pyrrole nitrogens is 1. The molecule has 1 aliphatic rings. The number of sulfone groups is 1. The summed E-state index contributed by atoms with van der Waals surface area (Å²) >= 11 is 0. The van der Waals surface area contributed by atoms with Crippen LogP contribution in [0.2, 0.25) is 0 Å². The molecule has 0 aliphatic carbocycles. The molecule has 2 aromatic rings. The number of benzene rings is 1. The van der Waals surface area contributed by atoms with Crippen LogP contribution in [-0.4, -0.2) is 36.4 Å². The van der Waals surface area contributed by atoms with Crippen molar-refractivity contribution in [3.05, 3.63) is 28.8 Å². The maximum absolute atomic E-state index is 11.6. The Balaban J connectivity index is 1.81. The second kappa shape index (κ2) is 5.03. The SMILES string of the molecule is Nc1cc2c(=O)[nH]cnc2cc1NCC1CCS(=O)(=O)C1. The van der Waals surface area contributed by atoms with Crippen molar-refractivity contribution in [2.75, 3.05) is 29.1 Å². The summed E-state index contributed by atoms with van der Waals surface area (Å²) in [5.74, 6) is 0.562. The summed E-state index contributed by atoms with van der Waals surface area (Å²) in [7, 11) is -2.88. The van der Waals surface area contributed by atoms with Crippen LogP contribution in [0.3, 0.4) is 0 Å². The largest absolute Gasteiger partial charge is 0.397 e. The van der Waals surface area contributed by atoms with Crippen LogP contribution in [0.15, 0.2) is 23.3 Å².